The second-order valence-electron chi connectivity index (χ2n) is 7.26. The first-order chi connectivity index (χ1) is 13.7. The summed E-state index contributed by atoms with van der Waals surface area (Å²) < 4.78 is 6.33. The summed E-state index contributed by atoms with van der Waals surface area (Å²) >= 11 is 0. The number of anilines is 2. The molecule has 0 bridgehead atoms. The highest BCUT2D eigenvalue weighted by Gasteiger charge is 2.17. The number of hydrogen-bond acceptors (Lipinski definition) is 6. The molecule has 0 saturated carbocycles. The SMILES string of the molecule is Cc1cc(OC2CCNCC2)c2nc(Nc3ccc4cn[nH]c4c3)ncc2c1. The maximum atomic E-state index is 6.33. The number of nitrogens with one attached hydrogen (secondary N) is 3. The highest BCUT2D eigenvalue weighted by atomic mass is 16.5. The van der Waals surface area contributed by atoms with E-state index >= 15 is 0 Å². The van der Waals surface area contributed by atoms with Crippen LogP contribution < -0.4 is 15.4 Å². The minimum Gasteiger partial charge on any atom is -0.488 e. The Morgan fingerprint density at radius 3 is 2.86 bits per heavy atom. The van der Waals surface area contributed by atoms with Crippen LogP contribution in [0.15, 0.2) is 42.7 Å². The average molecular weight is 374 g/mol. The van der Waals surface area contributed by atoms with E-state index in [9.17, 15) is 0 Å². The van der Waals surface area contributed by atoms with Gasteiger partial charge >= 0.3 is 0 Å². The Hall–Kier alpha value is -3.19. The third-order valence-corrected chi connectivity index (χ3v) is 5.07. The van der Waals surface area contributed by atoms with Gasteiger partial charge in [0.15, 0.2) is 0 Å². The minimum absolute atomic E-state index is 0.223. The Kier molecular flexibility index (Phi) is 4.29. The molecule has 5 rings (SSSR count). The van der Waals surface area contributed by atoms with Gasteiger partial charge in [-0.15, -0.1) is 0 Å². The van der Waals surface area contributed by atoms with Crippen molar-refractivity contribution >= 4 is 33.4 Å². The summed E-state index contributed by atoms with van der Waals surface area (Å²) in [5, 5.41) is 15.8. The summed E-state index contributed by atoms with van der Waals surface area (Å²) in [6.45, 7) is 4.05. The number of hydrogen-bond donors (Lipinski definition) is 3. The van der Waals surface area contributed by atoms with Crippen LogP contribution in [0.1, 0.15) is 18.4 Å². The topological polar surface area (TPSA) is 87.8 Å². The zero-order valence-electron chi connectivity index (χ0n) is 15.7. The van der Waals surface area contributed by atoms with Crippen LogP contribution in [-0.4, -0.2) is 39.4 Å². The van der Waals surface area contributed by atoms with Gasteiger partial charge in [0.25, 0.3) is 0 Å². The van der Waals surface area contributed by atoms with Gasteiger partial charge in [0.05, 0.1) is 11.7 Å². The average Bonchev–Trinajstić information content (AvgIpc) is 3.17. The van der Waals surface area contributed by atoms with E-state index in [2.05, 4.69) is 44.9 Å². The van der Waals surface area contributed by atoms with Crippen molar-refractivity contribution < 1.29 is 4.74 Å². The molecule has 28 heavy (non-hydrogen) atoms. The van der Waals surface area contributed by atoms with Crippen LogP contribution in [0.2, 0.25) is 0 Å². The lowest BCUT2D eigenvalue weighted by Gasteiger charge is -2.24. The van der Waals surface area contributed by atoms with E-state index in [1.807, 2.05) is 24.4 Å². The van der Waals surface area contributed by atoms with Gasteiger partial charge in [-0.1, -0.05) is 0 Å². The van der Waals surface area contributed by atoms with Gasteiger partial charge in [-0.25, -0.2) is 9.97 Å². The summed E-state index contributed by atoms with van der Waals surface area (Å²) in [5.74, 6) is 1.38. The van der Waals surface area contributed by atoms with Crippen molar-refractivity contribution in [2.45, 2.75) is 25.9 Å². The first kappa shape index (κ1) is 16.9. The number of ether oxygens (including phenoxy) is 1. The van der Waals surface area contributed by atoms with Gasteiger partial charge in [0.2, 0.25) is 5.95 Å². The Bertz CT molecular complexity index is 1130. The Morgan fingerprint density at radius 1 is 1.07 bits per heavy atom. The van der Waals surface area contributed by atoms with E-state index in [1.165, 1.54) is 0 Å². The summed E-state index contributed by atoms with van der Waals surface area (Å²) in [5.41, 5.74) is 3.86. The zero-order chi connectivity index (χ0) is 18.9. The fourth-order valence-electron chi connectivity index (χ4n) is 3.64. The van der Waals surface area contributed by atoms with Crippen molar-refractivity contribution in [1.82, 2.24) is 25.5 Å². The summed E-state index contributed by atoms with van der Waals surface area (Å²) in [4.78, 5) is 9.24. The zero-order valence-corrected chi connectivity index (χ0v) is 15.7. The summed E-state index contributed by atoms with van der Waals surface area (Å²) in [6.07, 6.45) is 5.89. The predicted octanol–water partition coefficient (Wildman–Crippen LogP) is 3.69. The molecule has 3 N–H and O–H groups in total. The molecule has 2 aromatic carbocycles. The van der Waals surface area contributed by atoms with E-state index < -0.39 is 0 Å². The van der Waals surface area contributed by atoms with Crippen molar-refractivity contribution in [3.05, 3.63) is 48.3 Å². The molecule has 0 radical (unpaired) electrons. The van der Waals surface area contributed by atoms with E-state index in [1.54, 1.807) is 6.20 Å². The molecule has 2 aromatic heterocycles. The molecule has 1 fully saturated rings. The number of rotatable bonds is 4. The fraction of sp³-hybridized carbons (Fsp3) is 0.286. The Labute approximate surface area is 162 Å². The van der Waals surface area contributed by atoms with Crippen LogP contribution in [0.4, 0.5) is 11.6 Å². The minimum atomic E-state index is 0.223. The number of fused-ring (bicyclic) bond motifs is 2. The van der Waals surface area contributed by atoms with Gasteiger partial charge in [-0.3, -0.25) is 5.10 Å². The second-order valence-corrected chi connectivity index (χ2v) is 7.26. The molecule has 4 aromatic rings. The van der Waals surface area contributed by atoms with Crippen LogP contribution in [-0.2, 0) is 0 Å². The number of H-pyrrole nitrogens is 1. The van der Waals surface area contributed by atoms with Gasteiger partial charge in [-0.2, -0.15) is 5.10 Å². The third-order valence-electron chi connectivity index (χ3n) is 5.07. The molecule has 1 aliphatic rings. The molecule has 142 valence electrons. The van der Waals surface area contributed by atoms with E-state index in [-0.39, 0.29) is 6.10 Å². The highest BCUT2D eigenvalue weighted by molar-refractivity contribution is 5.86. The molecule has 0 atom stereocenters. The van der Waals surface area contributed by atoms with E-state index in [0.717, 1.165) is 64.7 Å². The lowest BCUT2D eigenvalue weighted by molar-refractivity contribution is 0.164. The molecule has 0 aliphatic carbocycles. The molecule has 0 spiro atoms. The standard InChI is InChI=1S/C21H22N6O/c1-13-8-15-11-23-21(25-16-3-2-14-12-24-27-18(14)10-16)26-20(15)19(9-13)28-17-4-6-22-7-5-17/h2-3,8-12,17,22H,4-7H2,1H3,(H,24,27)(H,23,25,26). The van der Waals surface area contributed by atoms with Crippen molar-refractivity contribution in [2.75, 3.05) is 18.4 Å². The predicted molar refractivity (Wildman–Crippen MR) is 110 cm³/mol. The van der Waals surface area contributed by atoms with Crippen LogP contribution >= 0.6 is 0 Å². The van der Waals surface area contributed by atoms with Crippen molar-refractivity contribution in [3.8, 4) is 5.75 Å². The van der Waals surface area contributed by atoms with Gasteiger partial charge in [0, 0.05) is 22.7 Å². The molecule has 0 unspecified atom stereocenters. The van der Waals surface area contributed by atoms with Crippen molar-refractivity contribution in [2.24, 2.45) is 0 Å². The summed E-state index contributed by atoms with van der Waals surface area (Å²) in [6, 6.07) is 10.2. The number of benzene rings is 2. The van der Waals surface area contributed by atoms with Gasteiger partial charge in [-0.05, 0) is 68.8 Å². The van der Waals surface area contributed by atoms with Crippen molar-refractivity contribution in [3.63, 3.8) is 0 Å². The van der Waals surface area contributed by atoms with Gasteiger partial charge < -0.3 is 15.4 Å². The smallest absolute Gasteiger partial charge is 0.227 e. The third kappa shape index (κ3) is 3.36. The largest absolute Gasteiger partial charge is 0.488 e. The van der Waals surface area contributed by atoms with E-state index in [0.29, 0.717) is 5.95 Å². The number of piperidine rings is 1. The molecule has 7 heteroatoms. The fourth-order valence-corrected chi connectivity index (χ4v) is 3.64. The summed E-state index contributed by atoms with van der Waals surface area (Å²) in [7, 11) is 0. The lowest BCUT2D eigenvalue weighted by atomic mass is 10.1. The van der Waals surface area contributed by atoms with E-state index in [4.69, 9.17) is 9.72 Å². The number of nitrogens with zero attached hydrogens (tertiary/aromatic N) is 3. The van der Waals surface area contributed by atoms with Crippen LogP contribution in [0.3, 0.4) is 0 Å². The van der Waals surface area contributed by atoms with Crippen LogP contribution in [0, 0.1) is 6.92 Å². The van der Waals surface area contributed by atoms with Crippen LogP contribution in [0.25, 0.3) is 21.8 Å². The maximum Gasteiger partial charge on any atom is 0.227 e. The highest BCUT2D eigenvalue weighted by Crippen LogP contribution is 2.29. The van der Waals surface area contributed by atoms with Crippen molar-refractivity contribution in [1.29, 1.82) is 0 Å². The number of aromatic nitrogens is 4. The monoisotopic (exact) mass is 374 g/mol. The number of aromatic amines is 1. The molecule has 1 aliphatic heterocycles. The van der Waals surface area contributed by atoms with Gasteiger partial charge in [0.1, 0.15) is 17.4 Å². The van der Waals surface area contributed by atoms with Crippen LogP contribution in [0.5, 0.6) is 5.75 Å². The Balaban J connectivity index is 1.48. The first-order valence-corrected chi connectivity index (χ1v) is 9.59. The lowest BCUT2D eigenvalue weighted by Crippen LogP contribution is -2.34. The molecule has 0 amide bonds. The molecule has 7 nitrogen and oxygen atoms in total. The quantitative estimate of drug-likeness (QED) is 0.505. The molecule has 3 heterocycles. The Morgan fingerprint density at radius 2 is 1.96 bits per heavy atom. The molecule has 1 saturated heterocycles. The molecular weight excluding hydrogens is 352 g/mol. The maximum absolute atomic E-state index is 6.33. The normalized spacial score (nSPS) is 15.2. The number of aryl methyl sites for hydroxylation is 1. The first-order valence-electron chi connectivity index (χ1n) is 9.59. The second kappa shape index (κ2) is 7.09. The molecular formula is C21H22N6O.